The fourth-order valence-electron chi connectivity index (χ4n) is 3.18. The highest BCUT2D eigenvalue weighted by Gasteiger charge is 2.32. The van der Waals surface area contributed by atoms with Gasteiger partial charge in [0.05, 0.1) is 18.3 Å². The third-order valence-electron chi connectivity index (χ3n) is 3.86. The Morgan fingerprint density at radius 1 is 1.00 bits per heavy atom. The van der Waals surface area contributed by atoms with Crippen LogP contribution in [0.15, 0.2) is 0 Å². The second kappa shape index (κ2) is 5.48. The van der Waals surface area contributed by atoms with Crippen molar-refractivity contribution < 1.29 is 9.84 Å². The van der Waals surface area contributed by atoms with Crippen molar-refractivity contribution in [3.63, 3.8) is 0 Å². The molecule has 1 saturated heterocycles. The monoisotopic (exact) mass is 227 g/mol. The molecule has 1 aliphatic heterocycles. The van der Waals surface area contributed by atoms with Gasteiger partial charge in [-0.1, -0.05) is 19.3 Å². The Kier molecular flexibility index (Phi) is 4.22. The van der Waals surface area contributed by atoms with E-state index in [-0.39, 0.29) is 6.10 Å². The quantitative estimate of drug-likeness (QED) is 0.693. The summed E-state index contributed by atoms with van der Waals surface area (Å²) < 4.78 is 5.75. The Morgan fingerprint density at radius 3 is 2.31 bits per heavy atom. The Bertz CT molecular complexity index is 212. The van der Waals surface area contributed by atoms with Gasteiger partial charge in [-0.2, -0.15) is 0 Å². The summed E-state index contributed by atoms with van der Waals surface area (Å²) in [5.41, 5.74) is 0. The minimum absolute atomic E-state index is 0.125. The molecule has 3 nitrogen and oxygen atoms in total. The van der Waals surface area contributed by atoms with Crippen molar-refractivity contribution in [1.29, 1.82) is 0 Å². The molecule has 0 aromatic carbocycles. The molecule has 1 heterocycles. The Hall–Kier alpha value is -0.120. The summed E-state index contributed by atoms with van der Waals surface area (Å²) in [6.07, 6.45) is 6.35. The minimum atomic E-state index is -0.125. The van der Waals surface area contributed by atoms with Gasteiger partial charge in [-0.3, -0.25) is 4.90 Å². The third kappa shape index (κ3) is 2.96. The number of hydrogen-bond donors (Lipinski definition) is 1. The summed E-state index contributed by atoms with van der Waals surface area (Å²) in [5, 5.41) is 10.2. The topological polar surface area (TPSA) is 32.7 Å². The molecule has 3 heteroatoms. The second-order valence-corrected chi connectivity index (χ2v) is 5.48. The average Bonchev–Trinajstić information content (AvgIpc) is 2.41. The Balaban J connectivity index is 1.98. The van der Waals surface area contributed by atoms with E-state index in [1.807, 2.05) is 0 Å². The number of aliphatic hydroxyl groups is 1. The minimum Gasteiger partial charge on any atom is -0.391 e. The Morgan fingerprint density at radius 2 is 1.62 bits per heavy atom. The van der Waals surface area contributed by atoms with Gasteiger partial charge in [0, 0.05) is 19.1 Å². The lowest BCUT2D eigenvalue weighted by Gasteiger charge is -2.41. The molecular formula is C13H25NO2. The lowest BCUT2D eigenvalue weighted by atomic mass is 10.0. The van der Waals surface area contributed by atoms with E-state index >= 15 is 0 Å². The molecule has 2 rings (SSSR count). The van der Waals surface area contributed by atoms with Crippen molar-refractivity contribution in [3.8, 4) is 0 Å². The van der Waals surface area contributed by atoms with E-state index in [4.69, 9.17) is 4.74 Å². The molecular weight excluding hydrogens is 202 g/mol. The van der Waals surface area contributed by atoms with Crippen LogP contribution in [-0.2, 0) is 4.74 Å². The molecule has 2 aliphatic rings. The van der Waals surface area contributed by atoms with Crippen LogP contribution in [-0.4, -0.2) is 47.4 Å². The van der Waals surface area contributed by atoms with Crippen LogP contribution in [0.25, 0.3) is 0 Å². The lowest BCUT2D eigenvalue weighted by molar-refractivity contribution is -0.0964. The summed E-state index contributed by atoms with van der Waals surface area (Å²) in [6, 6.07) is 0.372. The maximum atomic E-state index is 10.2. The van der Waals surface area contributed by atoms with Crippen molar-refractivity contribution in [1.82, 2.24) is 4.90 Å². The van der Waals surface area contributed by atoms with Crippen LogP contribution in [0.3, 0.4) is 0 Å². The van der Waals surface area contributed by atoms with Crippen LogP contribution < -0.4 is 0 Å². The van der Waals surface area contributed by atoms with E-state index in [0.717, 1.165) is 25.9 Å². The van der Waals surface area contributed by atoms with Gasteiger partial charge in [0.1, 0.15) is 0 Å². The molecule has 0 amide bonds. The van der Waals surface area contributed by atoms with Gasteiger partial charge in [0.25, 0.3) is 0 Å². The highest BCUT2D eigenvalue weighted by molar-refractivity contribution is 4.85. The summed E-state index contributed by atoms with van der Waals surface area (Å²) in [5.74, 6) is 0. The maximum absolute atomic E-state index is 10.2. The van der Waals surface area contributed by atoms with E-state index in [2.05, 4.69) is 18.7 Å². The first-order chi connectivity index (χ1) is 7.66. The van der Waals surface area contributed by atoms with Crippen LogP contribution in [0.4, 0.5) is 0 Å². The summed E-state index contributed by atoms with van der Waals surface area (Å²) in [4.78, 5) is 2.45. The standard InChI is InChI=1S/C13H25NO2/c1-10-8-14(9-11(2)16-10)12-6-4-3-5-7-13(12)15/h10-13,15H,3-9H2,1-2H3/t10-,11+,12?,13?. The molecule has 1 N–H and O–H groups in total. The summed E-state index contributed by atoms with van der Waals surface area (Å²) in [7, 11) is 0. The predicted molar refractivity (Wildman–Crippen MR) is 64.5 cm³/mol. The molecule has 1 saturated carbocycles. The van der Waals surface area contributed by atoms with Gasteiger partial charge >= 0.3 is 0 Å². The SMILES string of the molecule is C[C@@H]1CN(C2CCCCCC2O)C[C@H](C)O1. The number of hydrogen-bond acceptors (Lipinski definition) is 3. The van der Waals surface area contributed by atoms with Crippen LogP contribution in [0.1, 0.15) is 46.0 Å². The first-order valence-electron chi connectivity index (χ1n) is 6.74. The van der Waals surface area contributed by atoms with Crippen molar-refractivity contribution in [2.75, 3.05) is 13.1 Å². The number of aliphatic hydroxyl groups excluding tert-OH is 1. The zero-order valence-corrected chi connectivity index (χ0v) is 10.6. The number of ether oxygens (including phenoxy) is 1. The molecule has 0 bridgehead atoms. The predicted octanol–water partition coefficient (Wildman–Crippen LogP) is 1.79. The largest absolute Gasteiger partial charge is 0.391 e. The normalized spacial score (nSPS) is 42.9. The number of morpholine rings is 1. The van der Waals surface area contributed by atoms with Crippen LogP contribution in [0.5, 0.6) is 0 Å². The third-order valence-corrected chi connectivity index (χ3v) is 3.86. The number of nitrogens with zero attached hydrogens (tertiary/aromatic N) is 1. The van der Waals surface area contributed by atoms with Gasteiger partial charge in [-0.15, -0.1) is 0 Å². The number of rotatable bonds is 1. The maximum Gasteiger partial charge on any atom is 0.0695 e. The zero-order chi connectivity index (χ0) is 11.5. The van der Waals surface area contributed by atoms with Crippen LogP contribution >= 0.6 is 0 Å². The second-order valence-electron chi connectivity index (χ2n) is 5.48. The highest BCUT2D eigenvalue weighted by Crippen LogP contribution is 2.25. The first kappa shape index (κ1) is 12.3. The van der Waals surface area contributed by atoms with Crippen molar-refractivity contribution in [2.45, 2.75) is 70.3 Å². The molecule has 0 aromatic rings. The van der Waals surface area contributed by atoms with Gasteiger partial charge in [-0.25, -0.2) is 0 Å². The summed E-state index contributed by atoms with van der Waals surface area (Å²) in [6.45, 7) is 6.22. The molecule has 0 radical (unpaired) electrons. The molecule has 2 unspecified atom stereocenters. The fraction of sp³-hybridized carbons (Fsp3) is 1.00. The molecule has 4 atom stereocenters. The molecule has 0 spiro atoms. The molecule has 16 heavy (non-hydrogen) atoms. The highest BCUT2D eigenvalue weighted by atomic mass is 16.5. The fourth-order valence-corrected chi connectivity index (χ4v) is 3.18. The smallest absolute Gasteiger partial charge is 0.0695 e. The lowest BCUT2D eigenvalue weighted by Crippen LogP contribution is -2.53. The molecule has 0 aromatic heterocycles. The van der Waals surface area contributed by atoms with E-state index in [1.54, 1.807) is 0 Å². The first-order valence-corrected chi connectivity index (χ1v) is 6.74. The van der Waals surface area contributed by atoms with E-state index < -0.39 is 0 Å². The van der Waals surface area contributed by atoms with Gasteiger partial charge in [0.2, 0.25) is 0 Å². The van der Waals surface area contributed by atoms with Crippen molar-refractivity contribution >= 4 is 0 Å². The zero-order valence-electron chi connectivity index (χ0n) is 10.6. The van der Waals surface area contributed by atoms with Gasteiger partial charge in [0.15, 0.2) is 0 Å². The van der Waals surface area contributed by atoms with Crippen LogP contribution in [0, 0.1) is 0 Å². The van der Waals surface area contributed by atoms with Crippen LogP contribution in [0.2, 0.25) is 0 Å². The Labute approximate surface area is 98.8 Å². The molecule has 2 fully saturated rings. The van der Waals surface area contributed by atoms with Gasteiger partial charge < -0.3 is 9.84 Å². The summed E-state index contributed by atoms with van der Waals surface area (Å²) >= 11 is 0. The van der Waals surface area contributed by atoms with E-state index in [0.29, 0.717) is 18.2 Å². The average molecular weight is 227 g/mol. The van der Waals surface area contributed by atoms with Gasteiger partial charge in [-0.05, 0) is 26.7 Å². The van der Waals surface area contributed by atoms with E-state index in [1.165, 1.54) is 19.3 Å². The van der Waals surface area contributed by atoms with Crippen molar-refractivity contribution in [2.24, 2.45) is 0 Å². The van der Waals surface area contributed by atoms with E-state index in [9.17, 15) is 5.11 Å². The molecule has 94 valence electrons. The van der Waals surface area contributed by atoms with Crippen molar-refractivity contribution in [3.05, 3.63) is 0 Å². The molecule has 1 aliphatic carbocycles.